The third-order valence-corrected chi connectivity index (χ3v) is 4.00. The van der Waals surface area contributed by atoms with Crippen LogP contribution in [0.5, 0.6) is 11.5 Å². The SMILES string of the molecule is O=C(CCc1nnc(-c2ccccc2)o1)NNC(=O)c1ccc2c(c1)OCO2. The highest BCUT2D eigenvalue weighted by molar-refractivity contribution is 5.96. The number of fused-ring (bicyclic) bond motifs is 1. The summed E-state index contributed by atoms with van der Waals surface area (Å²) in [6.07, 6.45) is 0.337. The molecule has 142 valence electrons. The molecule has 0 aliphatic carbocycles. The maximum Gasteiger partial charge on any atom is 0.269 e. The second-order valence-electron chi connectivity index (χ2n) is 5.94. The number of aryl methyl sites for hydroxylation is 1. The predicted octanol–water partition coefficient (Wildman–Crippen LogP) is 1.86. The highest BCUT2D eigenvalue weighted by Gasteiger charge is 2.17. The fourth-order valence-corrected chi connectivity index (χ4v) is 2.57. The van der Waals surface area contributed by atoms with Crippen LogP contribution >= 0.6 is 0 Å². The Bertz CT molecular complexity index is 1000. The number of hydrogen-bond acceptors (Lipinski definition) is 7. The zero-order valence-electron chi connectivity index (χ0n) is 14.7. The van der Waals surface area contributed by atoms with Gasteiger partial charge in [0.2, 0.25) is 24.5 Å². The molecule has 2 heterocycles. The largest absolute Gasteiger partial charge is 0.454 e. The molecule has 2 N–H and O–H groups in total. The van der Waals surface area contributed by atoms with Crippen molar-refractivity contribution in [2.45, 2.75) is 12.8 Å². The molecule has 2 amide bonds. The van der Waals surface area contributed by atoms with Crippen LogP contribution in [0.4, 0.5) is 0 Å². The van der Waals surface area contributed by atoms with Gasteiger partial charge in [-0.15, -0.1) is 10.2 Å². The molecule has 0 bridgehead atoms. The first-order valence-electron chi connectivity index (χ1n) is 8.56. The fraction of sp³-hybridized carbons (Fsp3) is 0.158. The number of rotatable bonds is 5. The molecular weight excluding hydrogens is 364 g/mol. The Morgan fingerprint density at radius 2 is 1.79 bits per heavy atom. The average Bonchev–Trinajstić information content (AvgIpc) is 3.40. The molecule has 0 radical (unpaired) electrons. The van der Waals surface area contributed by atoms with E-state index in [4.69, 9.17) is 13.9 Å². The molecule has 4 rings (SSSR count). The molecule has 1 aliphatic rings. The van der Waals surface area contributed by atoms with Crippen molar-refractivity contribution < 1.29 is 23.5 Å². The van der Waals surface area contributed by atoms with E-state index >= 15 is 0 Å². The van der Waals surface area contributed by atoms with E-state index in [1.807, 2.05) is 30.3 Å². The van der Waals surface area contributed by atoms with Gasteiger partial charge in [0, 0.05) is 24.0 Å². The molecule has 0 unspecified atom stereocenters. The summed E-state index contributed by atoms with van der Waals surface area (Å²) in [7, 11) is 0. The van der Waals surface area contributed by atoms with Gasteiger partial charge in [-0.25, -0.2) is 0 Å². The minimum absolute atomic E-state index is 0.0812. The van der Waals surface area contributed by atoms with Crippen LogP contribution < -0.4 is 20.3 Å². The van der Waals surface area contributed by atoms with Crippen molar-refractivity contribution in [3.63, 3.8) is 0 Å². The summed E-state index contributed by atoms with van der Waals surface area (Å²) in [6.45, 7) is 0.124. The van der Waals surface area contributed by atoms with Crippen molar-refractivity contribution >= 4 is 11.8 Å². The van der Waals surface area contributed by atoms with Gasteiger partial charge < -0.3 is 13.9 Å². The normalized spacial score (nSPS) is 11.9. The van der Waals surface area contributed by atoms with Crippen molar-refractivity contribution in [1.29, 1.82) is 0 Å². The van der Waals surface area contributed by atoms with Crippen molar-refractivity contribution in [2.24, 2.45) is 0 Å². The lowest BCUT2D eigenvalue weighted by molar-refractivity contribution is -0.121. The Morgan fingerprint density at radius 1 is 0.964 bits per heavy atom. The van der Waals surface area contributed by atoms with E-state index in [-0.39, 0.29) is 25.5 Å². The van der Waals surface area contributed by atoms with E-state index < -0.39 is 5.91 Å². The molecule has 28 heavy (non-hydrogen) atoms. The van der Waals surface area contributed by atoms with E-state index in [1.165, 1.54) is 0 Å². The maximum atomic E-state index is 12.1. The van der Waals surface area contributed by atoms with Gasteiger partial charge in [0.15, 0.2) is 11.5 Å². The van der Waals surface area contributed by atoms with E-state index in [9.17, 15) is 9.59 Å². The summed E-state index contributed by atoms with van der Waals surface area (Å²) in [6, 6.07) is 14.1. The van der Waals surface area contributed by atoms with Crippen LogP contribution in [0.3, 0.4) is 0 Å². The molecule has 0 fully saturated rings. The summed E-state index contributed by atoms with van der Waals surface area (Å²) < 4.78 is 16.0. The molecule has 2 aromatic carbocycles. The summed E-state index contributed by atoms with van der Waals surface area (Å²) in [5.41, 5.74) is 5.86. The summed E-state index contributed by atoms with van der Waals surface area (Å²) in [5.74, 6) is 0.965. The number of nitrogens with zero attached hydrogens (tertiary/aromatic N) is 2. The van der Waals surface area contributed by atoms with Crippen LogP contribution in [0.2, 0.25) is 0 Å². The zero-order valence-corrected chi connectivity index (χ0v) is 14.7. The van der Waals surface area contributed by atoms with Gasteiger partial charge in [0.05, 0.1) is 0 Å². The summed E-state index contributed by atoms with van der Waals surface area (Å²) >= 11 is 0. The number of amides is 2. The van der Waals surface area contributed by atoms with Crippen LogP contribution in [-0.4, -0.2) is 28.8 Å². The van der Waals surface area contributed by atoms with Crippen LogP contribution in [0.25, 0.3) is 11.5 Å². The number of hydrazine groups is 1. The topological polar surface area (TPSA) is 116 Å². The Kier molecular flexibility index (Phi) is 4.87. The monoisotopic (exact) mass is 380 g/mol. The molecule has 0 atom stereocenters. The molecule has 0 spiro atoms. The van der Waals surface area contributed by atoms with Gasteiger partial charge in [0.1, 0.15) is 0 Å². The lowest BCUT2D eigenvalue weighted by Crippen LogP contribution is -2.41. The van der Waals surface area contributed by atoms with Crippen molar-refractivity contribution in [1.82, 2.24) is 21.0 Å². The number of nitrogens with one attached hydrogen (secondary N) is 2. The van der Waals surface area contributed by atoms with Gasteiger partial charge in [-0.2, -0.15) is 0 Å². The molecule has 0 saturated carbocycles. The summed E-state index contributed by atoms with van der Waals surface area (Å²) in [4.78, 5) is 24.1. The molecule has 1 aromatic heterocycles. The minimum Gasteiger partial charge on any atom is -0.454 e. The van der Waals surface area contributed by atoms with Crippen molar-refractivity contribution in [3.8, 4) is 23.0 Å². The zero-order chi connectivity index (χ0) is 19.3. The minimum atomic E-state index is -0.462. The van der Waals surface area contributed by atoms with Crippen molar-refractivity contribution in [3.05, 3.63) is 60.0 Å². The third kappa shape index (κ3) is 3.93. The number of ether oxygens (including phenoxy) is 2. The lowest BCUT2D eigenvalue weighted by atomic mass is 10.2. The molecule has 9 nitrogen and oxygen atoms in total. The van der Waals surface area contributed by atoms with Gasteiger partial charge in [-0.05, 0) is 30.3 Å². The van der Waals surface area contributed by atoms with E-state index in [0.29, 0.717) is 28.8 Å². The third-order valence-electron chi connectivity index (χ3n) is 4.00. The highest BCUT2D eigenvalue weighted by Crippen LogP contribution is 2.32. The Hall–Kier alpha value is -3.88. The molecular formula is C19H16N4O5. The first-order valence-corrected chi connectivity index (χ1v) is 8.56. The van der Waals surface area contributed by atoms with Gasteiger partial charge in [0.25, 0.3) is 5.91 Å². The average molecular weight is 380 g/mol. The molecule has 0 saturated heterocycles. The molecule has 1 aliphatic heterocycles. The van der Waals surface area contributed by atoms with Crippen molar-refractivity contribution in [2.75, 3.05) is 6.79 Å². The van der Waals surface area contributed by atoms with Crippen LogP contribution in [0.15, 0.2) is 52.9 Å². The van der Waals surface area contributed by atoms with Crippen LogP contribution in [-0.2, 0) is 11.2 Å². The Labute approximate surface area is 159 Å². The van der Waals surface area contributed by atoms with Crippen LogP contribution in [0, 0.1) is 0 Å². The van der Waals surface area contributed by atoms with E-state index in [1.54, 1.807) is 18.2 Å². The molecule has 9 heteroatoms. The number of carbonyl (C=O) groups excluding carboxylic acids is 2. The van der Waals surface area contributed by atoms with E-state index in [2.05, 4.69) is 21.0 Å². The van der Waals surface area contributed by atoms with E-state index in [0.717, 1.165) is 5.56 Å². The molecule has 3 aromatic rings. The summed E-state index contributed by atoms with van der Waals surface area (Å²) in [5, 5.41) is 7.90. The van der Waals surface area contributed by atoms with Gasteiger partial charge in [-0.1, -0.05) is 18.2 Å². The number of hydrogen-bond donors (Lipinski definition) is 2. The predicted molar refractivity (Wildman–Crippen MR) is 96.2 cm³/mol. The maximum absolute atomic E-state index is 12.1. The quantitative estimate of drug-likeness (QED) is 0.649. The van der Waals surface area contributed by atoms with Gasteiger partial charge >= 0.3 is 0 Å². The van der Waals surface area contributed by atoms with Crippen LogP contribution in [0.1, 0.15) is 22.7 Å². The standard InChI is InChI=1S/C19H16N4O5/c24-16(8-9-17-21-23-19(28-17)12-4-2-1-3-5-12)20-22-18(25)13-6-7-14-15(10-13)27-11-26-14/h1-7,10H,8-9,11H2,(H,20,24)(H,22,25). The number of benzene rings is 2. The Morgan fingerprint density at radius 3 is 2.64 bits per heavy atom. The lowest BCUT2D eigenvalue weighted by Gasteiger charge is -2.07. The van der Waals surface area contributed by atoms with Gasteiger partial charge in [-0.3, -0.25) is 20.4 Å². The Balaban J connectivity index is 1.26. The number of aromatic nitrogens is 2. The first kappa shape index (κ1) is 17.5. The first-order chi connectivity index (χ1) is 13.7. The fourth-order valence-electron chi connectivity index (χ4n) is 2.57. The smallest absolute Gasteiger partial charge is 0.269 e. The number of carbonyl (C=O) groups is 2. The second kappa shape index (κ2) is 7.78. The second-order valence-corrected chi connectivity index (χ2v) is 5.94. The highest BCUT2D eigenvalue weighted by atomic mass is 16.7.